The van der Waals surface area contributed by atoms with E-state index in [1.807, 2.05) is 35.9 Å². The van der Waals surface area contributed by atoms with Gasteiger partial charge in [0.2, 0.25) is 11.8 Å². The number of hydrogen-bond acceptors (Lipinski definition) is 4. The van der Waals surface area contributed by atoms with Crippen LogP contribution in [0.2, 0.25) is 10.0 Å². The molecule has 0 radical (unpaired) electrons. The fraction of sp³-hybridized carbons (Fsp3) is 0.150. The molecule has 0 atom stereocenters. The lowest BCUT2D eigenvalue weighted by atomic mass is 10.2. The van der Waals surface area contributed by atoms with Gasteiger partial charge in [-0.25, -0.2) is 4.98 Å². The minimum absolute atomic E-state index is 0.153. The van der Waals surface area contributed by atoms with Crippen LogP contribution in [0.4, 0.5) is 11.4 Å². The molecule has 1 heterocycles. The zero-order valence-corrected chi connectivity index (χ0v) is 18.0. The van der Waals surface area contributed by atoms with Gasteiger partial charge in [-0.2, -0.15) is 0 Å². The molecule has 0 spiro atoms. The first-order valence-electron chi connectivity index (χ1n) is 8.64. The van der Waals surface area contributed by atoms with Gasteiger partial charge in [0.1, 0.15) is 0 Å². The summed E-state index contributed by atoms with van der Waals surface area (Å²) in [5.74, 6) is -0.262. The highest BCUT2D eigenvalue weighted by molar-refractivity contribution is 7.99. The number of hydrogen-bond donors (Lipinski definition) is 2. The molecule has 0 aliphatic rings. The van der Waals surface area contributed by atoms with E-state index in [2.05, 4.69) is 15.6 Å². The lowest BCUT2D eigenvalue weighted by Gasteiger charge is -2.12. The van der Waals surface area contributed by atoms with Crippen molar-refractivity contribution < 1.29 is 9.59 Å². The van der Waals surface area contributed by atoms with Crippen LogP contribution in [0.25, 0.3) is 5.69 Å². The van der Waals surface area contributed by atoms with Crippen molar-refractivity contribution in [3.63, 3.8) is 0 Å². The maximum Gasteiger partial charge on any atom is 0.234 e. The van der Waals surface area contributed by atoms with E-state index in [1.165, 1.54) is 18.7 Å². The molecule has 2 N–H and O–H groups in total. The molecule has 0 bridgehead atoms. The van der Waals surface area contributed by atoms with Crippen molar-refractivity contribution in [2.45, 2.75) is 19.0 Å². The number of nitrogens with one attached hydrogen (secondary N) is 2. The molecule has 0 saturated carbocycles. The van der Waals surface area contributed by atoms with Crippen molar-refractivity contribution >= 4 is 58.2 Å². The first-order valence-corrected chi connectivity index (χ1v) is 10.4. The Morgan fingerprint density at radius 1 is 1.14 bits per heavy atom. The van der Waals surface area contributed by atoms with Crippen molar-refractivity contribution in [2.75, 3.05) is 16.4 Å². The summed E-state index contributed by atoms with van der Waals surface area (Å²) in [6.45, 7) is 3.35. The van der Waals surface area contributed by atoms with Gasteiger partial charge in [0, 0.05) is 30.0 Å². The predicted octanol–water partition coefficient (Wildman–Crippen LogP) is 5.18. The fourth-order valence-corrected chi connectivity index (χ4v) is 3.81. The van der Waals surface area contributed by atoms with E-state index in [-0.39, 0.29) is 17.6 Å². The van der Waals surface area contributed by atoms with Crippen LogP contribution < -0.4 is 10.6 Å². The van der Waals surface area contributed by atoms with Crippen LogP contribution in [0.5, 0.6) is 0 Å². The van der Waals surface area contributed by atoms with E-state index in [9.17, 15) is 9.59 Å². The fourth-order valence-electron chi connectivity index (χ4n) is 2.65. The number of nitrogens with zero attached hydrogens (tertiary/aromatic N) is 2. The molecule has 2 aromatic carbocycles. The number of thioether (sulfide) groups is 1. The summed E-state index contributed by atoms with van der Waals surface area (Å²) in [7, 11) is 0. The molecule has 0 aliphatic heterocycles. The lowest BCUT2D eigenvalue weighted by Crippen LogP contribution is -2.15. The summed E-state index contributed by atoms with van der Waals surface area (Å²) in [4.78, 5) is 27.8. The molecular formula is C20H18Cl2N4O2S. The highest BCUT2D eigenvalue weighted by atomic mass is 35.5. The number of halogens is 2. The molecule has 29 heavy (non-hydrogen) atoms. The molecule has 0 unspecified atom stereocenters. The lowest BCUT2D eigenvalue weighted by molar-refractivity contribution is -0.114. The van der Waals surface area contributed by atoms with Gasteiger partial charge in [-0.1, -0.05) is 41.0 Å². The summed E-state index contributed by atoms with van der Waals surface area (Å²) in [5.41, 5.74) is 2.88. The number of imidazole rings is 1. The second kappa shape index (κ2) is 9.35. The Balaban J connectivity index is 1.66. The van der Waals surface area contributed by atoms with Gasteiger partial charge < -0.3 is 10.6 Å². The third kappa shape index (κ3) is 5.32. The zero-order valence-electron chi connectivity index (χ0n) is 15.7. The van der Waals surface area contributed by atoms with Crippen LogP contribution in [0.15, 0.2) is 53.9 Å². The monoisotopic (exact) mass is 448 g/mol. The maximum absolute atomic E-state index is 12.4. The van der Waals surface area contributed by atoms with Gasteiger partial charge in [0.05, 0.1) is 22.2 Å². The minimum Gasteiger partial charge on any atom is -0.326 e. The van der Waals surface area contributed by atoms with E-state index in [4.69, 9.17) is 23.2 Å². The first kappa shape index (κ1) is 21.2. The van der Waals surface area contributed by atoms with Crippen LogP contribution >= 0.6 is 35.0 Å². The topological polar surface area (TPSA) is 76.0 Å². The van der Waals surface area contributed by atoms with Crippen molar-refractivity contribution in [3.8, 4) is 5.69 Å². The number of carbonyl (C=O) groups excluding carboxylic acids is 2. The summed E-state index contributed by atoms with van der Waals surface area (Å²) < 4.78 is 1.90. The highest BCUT2D eigenvalue weighted by Gasteiger charge is 2.13. The Labute approximate surface area is 182 Å². The SMILES string of the molecule is CC(=O)Nc1ccc(NC(=O)CSc2nccn2-c2cccc(Cl)c2C)c(Cl)c1. The number of carbonyl (C=O) groups is 2. The van der Waals surface area contributed by atoms with Gasteiger partial charge in [0.15, 0.2) is 5.16 Å². The van der Waals surface area contributed by atoms with Crippen molar-refractivity contribution in [2.24, 2.45) is 0 Å². The number of aromatic nitrogens is 2. The van der Waals surface area contributed by atoms with Crippen LogP contribution in [0.1, 0.15) is 12.5 Å². The third-order valence-electron chi connectivity index (χ3n) is 4.00. The standard InChI is InChI=1S/C20H18Cl2N4O2S/c1-12-15(21)4-3-5-18(12)26-9-8-23-20(26)29-11-19(28)25-17-7-6-14(10-16(17)22)24-13(2)27/h3-10H,11H2,1-2H3,(H,24,27)(H,25,28). The quantitative estimate of drug-likeness (QED) is 0.509. The molecule has 2 amide bonds. The number of anilines is 2. The predicted molar refractivity (Wildman–Crippen MR) is 118 cm³/mol. The van der Waals surface area contributed by atoms with Gasteiger partial charge >= 0.3 is 0 Å². The molecule has 0 fully saturated rings. The number of rotatable bonds is 6. The first-order chi connectivity index (χ1) is 13.8. The summed E-state index contributed by atoms with van der Waals surface area (Å²) >= 11 is 13.7. The van der Waals surface area contributed by atoms with Crippen molar-refractivity contribution in [3.05, 3.63) is 64.4 Å². The molecule has 0 saturated heterocycles. The number of amides is 2. The van der Waals surface area contributed by atoms with Gasteiger partial charge in [-0.05, 0) is 42.8 Å². The second-order valence-corrected chi connectivity index (χ2v) is 7.93. The Kier molecular flexibility index (Phi) is 6.84. The Morgan fingerprint density at radius 3 is 2.66 bits per heavy atom. The van der Waals surface area contributed by atoms with Crippen molar-refractivity contribution in [1.29, 1.82) is 0 Å². The third-order valence-corrected chi connectivity index (χ3v) is 5.69. The van der Waals surface area contributed by atoms with Crippen LogP contribution in [0, 0.1) is 6.92 Å². The van der Waals surface area contributed by atoms with Crippen LogP contribution in [-0.4, -0.2) is 27.1 Å². The van der Waals surface area contributed by atoms with E-state index in [0.29, 0.717) is 26.6 Å². The molecule has 1 aromatic heterocycles. The Morgan fingerprint density at radius 2 is 1.93 bits per heavy atom. The Hall–Kier alpha value is -2.48. The van der Waals surface area contributed by atoms with E-state index in [0.717, 1.165) is 11.3 Å². The molecule has 3 aromatic rings. The minimum atomic E-state index is -0.221. The number of benzene rings is 2. The molecule has 9 heteroatoms. The zero-order chi connectivity index (χ0) is 21.0. The van der Waals surface area contributed by atoms with Crippen molar-refractivity contribution in [1.82, 2.24) is 9.55 Å². The summed E-state index contributed by atoms with van der Waals surface area (Å²) in [6, 6.07) is 10.6. The van der Waals surface area contributed by atoms with Crippen LogP contribution in [0.3, 0.4) is 0 Å². The maximum atomic E-state index is 12.4. The smallest absolute Gasteiger partial charge is 0.234 e. The molecule has 3 rings (SSSR count). The van der Waals surface area contributed by atoms with Gasteiger partial charge in [-0.15, -0.1) is 0 Å². The summed E-state index contributed by atoms with van der Waals surface area (Å²) in [5, 5.41) is 7.10. The highest BCUT2D eigenvalue weighted by Crippen LogP contribution is 2.28. The normalized spacial score (nSPS) is 10.6. The van der Waals surface area contributed by atoms with E-state index < -0.39 is 0 Å². The van der Waals surface area contributed by atoms with E-state index in [1.54, 1.807) is 24.4 Å². The summed E-state index contributed by atoms with van der Waals surface area (Å²) in [6.07, 6.45) is 3.51. The average molecular weight is 449 g/mol. The Bertz CT molecular complexity index is 1070. The molecule has 150 valence electrons. The molecule has 0 aliphatic carbocycles. The van der Waals surface area contributed by atoms with Gasteiger partial charge in [-0.3, -0.25) is 14.2 Å². The largest absolute Gasteiger partial charge is 0.326 e. The molecule has 6 nitrogen and oxygen atoms in total. The average Bonchev–Trinajstić information content (AvgIpc) is 3.12. The van der Waals surface area contributed by atoms with Gasteiger partial charge in [0.25, 0.3) is 0 Å². The van der Waals surface area contributed by atoms with Crippen LogP contribution in [-0.2, 0) is 9.59 Å². The molecular weight excluding hydrogens is 431 g/mol. The van der Waals surface area contributed by atoms with E-state index >= 15 is 0 Å². The second-order valence-electron chi connectivity index (χ2n) is 6.18.